The maximum atomic E-state index is 13.9. The number of anilines is 1. The number of carboxylic acid groups (broad SMARTS) is 1. The van der Waals surface area contributed by atoms with Crippen LogP contribution >= 0.6 is 15.9 Å². The number of nitrogens with one attached hydrogen (secondary N) is 1. The summed E-state index contributed by atoms with van der Waals surface area (Å²) < 4.78 is 33.1. The van der Waals surface area contributed by atoms with Gasteiger partial charge in [0, 0.05) is 5.69 Å². The zero-order valence-electron chi connectivity index (χ0n) is 34.3. The summed E-state index contributed by atoms with van der Waals surface area (Å²) in [5, 5.41) is 21.9. The highest BCUT2D eigenvalue weighted by molar-refractivity contribution is 9.10. The van der Waals surface area contributed by atoms with E-state index in [2.05, 4.69) is 108 Å². The fraction of sp³-hybridized carbons (Fsp3) is 0.383. The fourth-order valence-corrected chi connectivity index (χ4v) is 8.92. The third-order valence-electron chi connectivity index (χ3n) is 11.8. The molecule has 57 heavy (non-hydrogen) atoms. The largest absolute Gasteiger partial charge is 0.506 e. The number of aromatic hydroxyl groups is 1. The van der Waals surface area contributed by atoms with Crippen molar-refractivity contribution in [1.29, 1.82) is 0 Å². The molecule has 0 fully saturated rings. The molecule has 7 nitrogen and oxygen atoms in total. The van der Waals surface area contributed by atoms with Gasteiger partial charge in [0.25, 0.3) is 5.91 Å². The first kappa shape index (κ1) is 43.3. The first-order chi connectivity index (χ1) is 26.4. The number of methoxy groups -OCH3 is 1. The van der Waals surface area contributed by atoms with E-state index in [0.29, 0.717) is 10.0 Å². The number of hydrogen-bond donors (Lipinski definition) is 3. The van der Waals surface area contributed by atoms with Gasteiger partial charge in [0.05, 0.1) is 22.7 Å². The zero-order chi connectivity index (χ0) is 42.4. The molecular formula is C47H52BrF2NO6. The van der Waals surface area contributed by atoms with Gasteiger partial charge in [0.15, 0.2) is 0 Å². The van der Waals surface area contributed by atoms with Crippen molar-refractivity contribution in [2.24, 2.45) is 0 Å². The number of halogens is 3. The van der Waals surface area contributed by atoms with Crippen molar-refractivity contribution in [2.75, 3.05) is 12.4 Å². The number of phenols is 1. The molecule has 4 aromatic carbocycles. The van der Waals surface area contributed by atoms with E-state index in [-0.39, 0.29) is 44.6 Å². The fourth-order valence-electron chi connectivity index (χ4n) is 7.96. The Labute approximate surface area is 342 Å². The van der Waals surface area contributed by atoms with Crippen LogP contribution in [-0.2, 0) is 26.4 Å². The third kappa shape index (κ3) is 8.86. The Balaban J connectivity index is 0.000000219. The van der Waals surface area contributed by atoms with Gasteiger partial charge in [0.2, 0.25) is 0 Å². The minimum atomic E-state index is -1.75. The van der Waals surface area contributed by atoms with Crippen molar-refractivity contribution < 1.29 is 38.1 Å². The number of benzene rings is 4. The summed E-state index contributed by atoms with van der Waals surface area (Å²) in [4.78, 5) is 35.4. The Bertz CT molecular complexity index is 2260. The maximum Gasteiger partial charge on any atom is 0.341 e. The Morgan fingerprint density at radius 1 is 0.737 bits per heavy atom. The summed E-state index contributed by atoms with van der Waals surface area (Å²) in [6.45, 7) is 19.8. The molecule has 0 heterocycles. The molecule has 302 valence electrons. The third-order valence-corrected chi connectivity index (χ3v) is 12.6. The smallest absolute Gasteiger partial charge is 0.341 e. The molecular weight excluding hydrogens is 792 g/mol. The Kier molecular flexibility index (Phi) is 12.0. The lowest BCUT2D eigenvalue weighted by molar-refractivity contribution is 0.0599. The van der Waals surface area contributed by atoms with E-state index in [1.807, 2.05) is 24.3 Å². The molecule has 0 radical (unpaired) electrons. The molecule has 2 aliphatic carbocycles. The average Bonchev–Trinajstić information content (AvgIpc) is 3.12. The molecule has 2 aliphatic rings. The summed E-state index contributed by atoms with van der Waals surface area (Å²) in [5.41, 5.74) is 7.49. The van der Waals surface area contributed by atoms with Gasteiger partial charge in [-0.15, -0.1) is 0 Å². The standard InChI is InChI=1S/C25H30O2.C22H22BrF2NO4/c1-17(19-8-10-20(11-9-19)23(26)27-6)15-18-7-12-21-22(16-18)25(4,5)14-13-24(21,2)3;1-21(2)5-6-22(3,4)16-12(21)9-11(18(27)17(16)23)19(28)26-10-7-13(24)15(20(29)30)14(25)8-10/h7-12,15-16H,13-14H2,1-6H3;7-9,27H,5-6H2,1-4H3,(H,26,28)(H,29,30)/b17-15+;. The number of esters is 1. The number of carbonyl (C=O) groups is 3. The minimum Gasteiger partial charge on any atom is -0.506 e. The number of carbonyl (C=O) groups excluding carboxylic acids is 2. The Morgan fingerprint density at radius 3 is 1.79 bits per heavy atom. The maximum absolute atomic E-state index is 13.9. The van der Waals surface area contributed by atoms with E-state index in [9.17, 15) is 28.3 Å². The number of hydrogen-bond acceptors (Lipinski definition) is 5. The summed E-state index contributed by atoms with van der Waals surface area (Å²) in [6, 6.07) is 17.6. The average molecular weight is 845 g/mol. The van der Waals surface area contributed by atoms with Gasteiger partial charge in [-0.25, -0.2) is 18.4 Å². The second-order valence-electron chi connectivity index (χ2n) is 17.8. The van der Waals surface area contributed by atoms with Crippen LogP contribution in [0.2, 0.25) is 0 Å². The van der Waals surface area contributed by atoms with Crippen molar-refractivity contribution in [3.8, 4) is 5.75 Å². The Hall–Kier alpha value is -4.83. The molecule has 6 rings (SSSR count). The predicted octanol–water partition coefficient (Wildman–Crippen LogP) is 12.1. The van der Waals surface area contributed by atoms with Gasteiger partial charge < -0.3 is 20.3 Å². The van der Waals surface area contributed by atoms with E-state index < -0.39 is 29.1 Å². The second-order valence-corrected chi connectivity index (χ2v) is 18.6. The van der Waals surface area contributed by atoms with Crippen molar-refractivity contribution in [2.45, 2.75) is 110 Å². The van der Waals surface area contributed by atoms with Crippen molar-refractivity contribution in [3.05, 3.63) is 127 Å². The van der Waals surface area contributed by atoms with Gasteiger partial charge in [-0.3, -0.25) is 4.79 Å². The normalized spacial score (nSPS) is 17.2. The molecule has 3 N–H and O–H groups in total. The molecule has 0 saturated carbocycles. The summed E-state index contributed by atoms with van der Waals surface area (Å²) in [6.07, 6.45) is 6.47. The van der Waals surface area contributed by atoms with E-state index in [0.717, 1.165) is 41.7 Å². The van der Waals surface area contributed by atoms with Crippen LogP contribution in [0.1, 0.15) is 152 Å². The quantitative estimate of drug-likeness (QED) is 0.132. The molecule has 0 bridgehead atoms. The van der Waals surface area contributed by atoms with Gasteiger partial charge in [-0.2, -0.15) is 0 Å². The van der Waals surface area contributed by atoms with Crippen molar-refractivity contribution >= 4 is 51.1 Å². The predicted molar refractivity (Wildman–Crippen MR) is 225 cm³/mol. The summed E-state index contributed by atoms with van der Waals surface area (Å²) in [7, 11) is 1.40. The van der Waals surface area contributed by atoms with Gasteiger partial charge in [0.1, 0.15) is 22.9 Å². The van der Waals surface area contributed by atoms with E-state index in [1.165, 1.54) is 42.2 Å². The van der Waals surface area contributed by atoms with E-state index in [1.54, 1.807) is 6.07 Å². The van der Waals surface area contributed by atoms with Gasteiger partial charge >= 0.3 is 11.9 Å². The summed E-state index contributed by atoms with van der Waals surface area (Å²) >= 11 is 3.43. The lowest BCUT2D eigenvalue weighted by Gasteiger charge is -2.42. The lowest BCUT2D eigenvalue weighted by atomic mass is 9.63. The van der Waals surface area contributed by atoms with Crippen LogP contribution in [-0.4, -0.2) is 35.2 Å². The van der Waals surface area contributed by atoms with Crippen molar-refractivity contribution in [3.63, 3.8) is 0 Å². The molecule has 0 spiro atoms. The minimum absolute atomic E-state index is 0.0467. The van der Waals surface area contributed by atoms with Crippen molar-refractivity contribution in [1.82, 2.24) is 0 Å². The second kappa shape index (κ2) is 15.8. The summed E-state index contributed by atoms with van der Waals surface area (Å²) in [5.74, 6) is -5.70. The molecule has 0 atom stereocenters. The number of amides is 1. The number of allylic oxidation sites excluding steroid dienone is 1. The van der Waals surface area contributed by atoms with Crippen LogP contribution in [0.5, 0.6) is 5.75 Å². The topological polar surface area (TPSA) is 113 Å². The number of ether oxygens (including phenoxy) is 1. The van der Waals surface area contributed by atoms with Crippen LogP contribution in [0.25, 0.3) is 11.6 Å². The molecule has 10 heteroatoms. The number of phenolic OH excluding ortho intramolecular Hbond substituents is 1. The highest BCUT2D eigenvalue weighted by Gasteiger charge is 2.41. The number of carboxylic acids is 1. The molecule has 4 aromatic rings. The zero-order valence-corrected chi connectivity index (χ0v) is 35.9. The molecule has 0 aromatic heterocycles. The Morgan fingerprint density at radius 2 is 1.25 bits per heavy atom. The first-order valence-corrected chi connectivity index (χ1v) is 19.8. The molecule has 0 unspecified atom stereocenters. The molecule has 1 amide bonds. The number of fused-ring (bicyclic) bond motifs is 2. The number of aromatic carboxylic acids is 1. The number of rotatable bonds is 6. The first-order valence-electron chi connectivity index (χ1n) is 19.0. The molecule has 0 saturated heterocycles. The van der Waals surface area contributed by atoms with Gasteiger partial charge in [-0.05, 0) is 139 Å². The SMILES string of the molecule is CC1(C)CCC(C)(C)c2c1cc(C(=O)Nc1cc(F)c(C(=O)O)c(F)c1)c(O)c2Br.COC(=O)c1ccc(/C(C)=C/c2ccc3c(c2)C(C)(C)CCC3(C)C)cc1. The van der Waals surface area contributed by atoms with E-state index >= 15 is 0 Å². The highest BCUT2D eigenvalue weighted by atomic mass is 79.9. The monoisotopic (exact) mass is 843 g/mol. The van der Waals surface area contributed by atoms with Crippen LogP contribution in [0.15, 0.2) is 65.1 Å². The van der Waals surface area contributed by atoms with E-state index in [4.69, 9.17) is 9.84 Å². The highest BCUT2D eigenvalue weighted by Crippen LogP contribution is 2.52. The lowest BCUT2D eigenvalue weighted by Crippen LogP contribution is -2.34. The van der Waals surface area contributed by atoms with Crippen LogP contribution in [0.3, 0.4) is 0 Å². The van der Waals surface area contributed by atoms with Crippen LogP contribution in [0, 0.1) is 11.6 Å². The van der Waals surface area contributed by atoms with Gasteiger partial charge in [-0.1, -0.05) is 91.8 Å². The van der Waals surface area contributed by atoms with Crippen LogP contribution in [0.4, 0.5) is 14.5 Å². The van der Waals surface area contributed by atoms with Crippen LogP contribution < -0.4 is 5.32 Å². The molecule has 0 aliphatic heterocycles.